The van der Waals surface area contributed by atoms with Crippen molar-refractivity contribution in [1.29, 1.82) is 0 Å². The van der Waals surface area contributed by atoms with Gasteiger partial charge in [0.05, 0.1) is 0 Å². The van der Waals surface area contributed by atoms with Gasteiger partial charge in [-0.05, 0) is 73.2 Å². The lowest BCUT2D eigenvalue weighted by molar-refractivity contribution is -0.119. The van der Waals surface area contributed by atoms with Crippen molar-refractivity contribution in [2.75, 3.05) is 0 Å². The van der Waals surface area contributed by atoms with Crippen LogP contribution in [0, 0.1) is 28.6 Å². The highest BCUT2D eigenvalue weighted by atomic mass is 16.1. The minimum absolute atomic E-state index is 0.164. The molecule has 2 fully saturated rings. The summed E-state index contributed by atoms with van der Waals surface area (Å²) in [6.45, 7) is 7.17. The molecule has 0 saturated heterocycles. The van der Waals surface area contributed by atoms with Crippen LogP contribution in [0.15, 0.2) is 23.3 Å². The lowest BCUT2D eigenvalue weighted by Crippen LogP contribution is -2.46. The van der Waals surface area contributed by atoms with Gasteiger partial charge in [-0.25, -0.2) is 0 Å². The SMILES string of the molecule is CC1(C)CC(=O)C=C2CC[C@H]3C4=CCC[C@@]4(C)CC[C@@H]3[C@H]21. The fourth-order valence-corrected chi connectivity index (χ4v) is 6.30. The smallest absolute Gasteiger partial charge is 0.156 e. The molecule has 0 aromatic carbocycles. The van der Waals surface area contributed by atoms with Crippen molar-refractivity contribution in [3.63, 3.8) is 0 Å². The van der Waals surface area contributed by atoms with E-state index in [1.165, 1.54) is 37.7 Å². The molecule has 0 aliphatic heterocycles. The predicted molar refractivity (Wildman–Crippen MR) is 85.9 cm³/mol. The predicted octanol–water partition coefficient (Wildman–Crippen LogP) is 5.07. The highest BCUT2D eigenvalue weighted by Gasteiger charge is 2.52. The summed E-state index contributed by atoms with van der Waals surface area (Å²) in [6.07, 6.45) is 13.2. The van der Waals surface area contributed by atoms with E-state index in [2.05, 4.69) is 26.8 Å². The molecule has 0 heterocycles. The van der Waals surface area contributed by atoms with Crippen LogP contribution in [0.5, 0.6) is 0 Å². The lowest BCUT2D eigenvalue weighted by Gasteiger charge is -2.54. The van der Waals surface area contributed by atoms with Crippen LogP contribution in [0.25, 0.3) is 0 Å². The first-order valence-electron chi connectivity index (χ1n) is 8.85. The third kappa shape index (κ3) is 1.92. The molecule has 21 heavy (non-hydrogen) atoms. The zero-order chi connectivity index (χ0) is 14.8. The van der Waals surface area contributed by atoms with E-state index in [-0.39, 0.29) is 5.41 Å². The average Bonchev–Trinajstić information content (AvgIpc) is 2.78. The molecule has 0 bridgehead atoms. The van der Waals surface area contributed by atoms with E-state index in [1.807, 2.05) is 6.08 Å². The average molecular weight is 284 g/mol. The van der Waals surface area contributed by atoms with Gasteiger partial charge in [-0.3, -0.25) is 4.79 Å². The van der Waals surface area contributed by atoms with Crippen molar-refractivity contribution >= 4 is 5.78 Å². The van der Waals surface area contributed by atoms with Gasteiger partial charge >= 0.3 is 0 Å². The van der Waals surface area contributed by atoms with Crippen molar-refractivity contribution in [2.45, 2.75) is 65.7 Å². The molecule has 2 saturated carbocycles. The summed E-state index contributed by atoms with van der Waals surface area (Å²) < 4.78 is 0. The van der Waals surface area contributed by atoms with Crippen LogP contribution in [0.3, 0.4) is 0 Å². The summed E-state index contributed by atoms with van der Waals surface area (Å²) in [5.74, 6) is 2.62. The number of ketones is 1. The molecule has 1 heteroatoms. The second-order valence-corrected chi connectivity index (χ2v) is 8.94. The van der Waals surface area contributed by atoms with E-state index in [1.54, 1.807) is 5.57 Å². The summed E-state index contributed by atoms with van der Waals surface area (Å²) in [5, 5.41) is 0. The van der Waals surface area contributed by atoms with E-state index in [0.717, 1.165) is 24.7 Å². The maximum atomic E-state index is 12.0. The topological polar surface area (TPSA) is 17.1 Å². The standard InChI is InChI=1S/C20H28O/c1-19(2)12-14(21)11-13-6-7-15-16(18(13)19)8-10-20(3)9-4-5-17(15)20/h5,11,15-16,18H,4,6-10,12H2,1-3H3/t15-,16+,18+,20+/m1/s1. The Bertz CT molecular complexity index is 550. The molecule has 0 amide bonds. The van der Waals surface area contributed by atoms with E-state index in [4.69, 9.17) is 0 Å². The highest BCUT2D eigenvalue weighted by molar-refractivity contribution is 5.92. The van der Waals surface area contributed by atoms with Crippen molar-refractivity contribution in [1.82, 2.24) is 0 Å². The number of hydrogen-bond acceptors (Lipinski definition) is 1. The molecule has 0 radical (unpaired) electrons. The molecule has 4 aliphatic carbocycles. The van der Waals surface area contributed by atoms with Crippen LogP contribution in [-0.2, 0) is 4.79 Å². The molecule has 0 aromatic rings. The number of carbonyl (C=O) groups is 1. The minimum atomic E-state index is 0.164. The van der Waals surface area contributed by atoms with E-state index in [0.29, 0.717) is 17.1 Å². The molecule has 0 aromatic heterocycles. The normalized spacial score (nSPS) is 44.3. The quantitative estimate of drug-likeness (QED) is 0.567. The van der Waals surface area contributed by atoms with Gasteiger partial charge < -0.3 is 0 Å². The summed E-state index contributed by atoms with van der Waals surface area (Å²) in [5.41, 5.74) is 3.96. The maximum absolute atomic E-state index is 12.0. The molecule has 0 unspecified atom stereocenters. The molecule has 1 nitrogen and oxygen atoms in total. The fraction of sp³-hybridized carbons (Fsp3) is 0.750. The molecule has 0 spiro atoms. The lowest BCUT2D eigenvalue weighted by atomic mass is 9.50. The Labute approximate surface area is 128 Å². The summed E-state index contributed by atoms with van der Waals surface area (Å²) in [6, 6.07) is 0. The minimum Gasteiger partial charge on any atom is -0.295 e. The van der Waals surface area contributed by atoms with Crippen molar-refractivity contribution in [2.24, 2.45) is 28.6 Å². The first-order chi connectivity index (χ1) is 9.91. The Hall–Kier alpha value is -0.850. The van der Waals surface area contributed by atoms with Crippen molar-refractivity contribution in [3.05, 3.63) is 23.3 Å². The monoisotopic (exact) mass is 284 g/mol. The summed E-state index contributed by atoms with van der Waals surface area (Å²) in [7, 11) is 0. The summed E-state index contributed by atoms with van der Waals surface area (Å²) >= 11 is 0. The van der Waals surface area contributed by atoms with Crippen LogP contribution < -0.4 is 0 Å². The Morgan fingerprint density at radius 1 is 1.14 bits per heavy atom. The van der Waals surface area contributed by atoms with Gasteiger partial charge in [-0.15, -0.1) is 0 Å². The number of carbonyl (C=O) groups excluding carboxylic acids is 1. The number of allylic oxidation sites excluding steroid dienone is 4. The molecular weight excluding hydrogens is 256 g/mol. The van der Waals surface area contributed by atoms with Crippen LogP contribution >= 0.6 is 0 Å². The fourth-order valence-electron chi connectivity index (χ4n) is 6.30. The zero-order valence-electron chi connectivity index (χ0n) is 13.7. The Morgan fingerprint density at radius 2 is 1.95 bits per heavy atom. The number of fused-ring (bicyclic) bond motifs is 5. The molecule has 4 rings (SSSR count). The molecular formula is C20H28O. The van der Waals surface area contributed by atoms with Gasteiger partial charge in [0, 0.05) is 6.42 Å². The van der Waals surface area contributed by atoms with Gasteiger partial charge in [-0.1, -0.05) is 38.0 Å². The third-order valence-corrected chi connectivity index (χ3v) is 7.09. The van der Waals surface area contributed by atoms with Crippen LogP contribution in [-0.4, -0.2) is 5.78 Å². The zero-order valence-corrected chi connectivity index (χ0v) is 13.7. The first-order valence-corrected chi connectivity index (χ1v) is 8.85. The van der Waals surface area contributed by atoms with Crippen LogP contribution in [0.2, 0.25) is 0 Å². The molecule has 4 atom stereocenters. The van der Waals surface area contributed by atoms with Gasteiger partial charge in [-0.2, -0.15) is 0 Å². The number of rotatable bonds is 0. The van der Waals surface area contributed by atoms with Crippen molar-refractivity contribution < 1.29 is 4.79 Å². The van der Waals surface area contributed by atoms with Gasteiger partial charge in [0.15, 0.2) is 5.78 Å². The highest BCUT2D eigenvalue weighted by Crippen LogP contribution is 2.62. The Balaban J connectivity index is 1.73. The van der Waals surface area contributed by atoms with Crippen LogP contribution in [0.4, 0.5) is 0 Å². The third-order valence-electron chi connectivity index (χ3n) is 7.09. The molecule has 114 valence electrons. The first kappa shape index (κ1) is 13.8. The van der Waals surface area contributed by atoms with Crippen LogP contribution in [0.1, 0.15) is 65.7 Å². The van der Waals surface area contributed by atoms with Gasteiger partial charge in [0.1, 0.15) is 0 Å². The van der Waals surface area contributed by atoms with E-state index >= 15 is 0 Å². The van der Waals surface area contributed by atoms with Crippen molar-refractivity contribution in [3.8, 4) is 0 Å². The maximum Gasteiger partial charge on any atom is 0.156 e. The molecule has 0 N–H and O–H groups in total. The van der Waals surface area contributed by atoms with Gasteiger partial charge in [0.25, 0.3) is 0 Å². The summed E-state index contributed by atoms with van der Waals surface area (Å²) in [4.78, 5) is 12.0. The number of hydrogen-bond donors (Lipinski definition) is 0. The Morgan fingerprint density at radius 3 is 2.76 bits per heavy atom. The van der Waals surface area contributed by atoms with Gasteiger partial charge in [0.2, 0.25) is 0 Å². The van der Waals surface area contributed by atoms with E-state index < -0.39 is 0 Å². The second kappa shape index (κ2) is 4.33. The second-order valence-electron chi connectivity index (χ2n) is 8.94. The molecule has 4 aliphatic rings. The largest absolute Gasteiger partial charge is 0.295 e. The van der Waals surface area contributed by atoms with E-state index in [9.17, 15) is 4.79 Å². The Kier molecular flexibility index (Phi) is 2.85.